The van der Waals surface area contributed by atoms with Gasteiger partial charge in [0.2, 0.25) is 0 Å². The maximum absolute atomic E-state index is 15.4. The molecule has 0 aliphatic heterocycles. The lowest BCUT2D eigenvalue weighted by atomic mass is 10.1. The van der Waals surface area contributed by atoms with Crippen LogP contribution in [0.5, 0.6) is 11.5 Å². The van der Waals surface area contributed by atoms with Crippen molar-refractivity contribution in [3.63, 3.8) is 0 Å². The first-order valence-corrected chi connectivity index (χ1v) is 12.5. The van der Waals surface area contributed by atoms with Crippen LogP contribution in [0.15, 0.2) is 53.8 Å². The molecule has 4 rings (SSSR count). The second kappa shape index (κ2) is 9.95. The molecule has 11 nitrogen and oxygen atoms in total. The van der Waals surface area contributed by atoms with E-state index in [9.17, 15) is 13.2 Å². The van der Waals surface area contributed by atoms with Crippen molar-refractivity contribution >= 4 is 32.4 Å². The number of aromatic nitrogens is 4. The van der Waals surface area contributed by atoms with Gasteiger partial charge in [0.05, 0.1) is 55.6 Å². The number of methoxy groups -OCH3 is 2. The third-order valence-corrected chi connectivity index (χ3v) is 5.97. The topological polar surface area (TPSA) is 118 Å². The number of nitrogens with zero attached hydrogens (tertiary/aromatic N) is 5. The Morgan fingerprint density at radius 3 is 2.56 bits per heavy atom. The molecule has 0 bridgehead atoms. The van der Waals surface area contributed by atoms with E-state index >= 15 is 4.39 Å². The molecule has 0 atom stereocenters. The molecule has 0 aliphatic rings. The molecule has 4 aromatic rings. The van der Waals surface area contributed by atoms with Gasteiger partial charge >= 0.3 is 0 Å². The molecule has 0 saturated heterocycles. The Morgan fingerprint density at radius 2 is 1.92 bits per heavy atom. The summed E-state index contributed by atoms with van der Waals surface area (Å²) in [5, 5.41) is 4.35. The Kier molecular flexibility index (Phi) is 6.95. The van der Waals surface area contributed by atoms with Gasteiger partial charge in [0.1, 0.15) is 12.1 Å². The molecule has 2 heterocycles. The molecule has 2 aromatic carbocycles. The van der Waals surface area contributed by atoms with E-state index < -0.39 is 15.9 Å². The van der Waals surface area contributed by atoms with Crippen LogP contribution < -0.4 is 19.9 Å². The van der Waals surface area contributed by atoms with Crippen LogP contribution in [0.3, 0.4) is 0 Å². The quantitative estimate of drug-likeness (QED) is 0.308. The normalized spacial score (nSPS) is 11.6. The molecule has 0 N–H and O–H groups in total. The number of ether oxygens (including phenoxy) is 2. The van der Waals surface area contributed by atoms with Crippen LogP contribution in [0.2, 0.25) is 0 Å². The van der Waals surface area contributed by atoms with E-state index in [-0.39, 0.29) is 35.5 Å². The van der Waals surface area contributed by atoms with Crippen LogP contribution in [0.1, 0.15) is 0 Å². The molecule has 0 saturated carbocycles. The number of hydrogen-bond acceptors (Lipinski definition) is 9. The summed E-state index contributed by atoms with van der Waals surface area (Å²) in [5.41, 5.74) is 1.05. The molecule has 0 unspecified atom stereocenters. The van der Waals surface area contributed by atoms with Gasteiger partial charge in [-0.3, -0.25) is 18.2 Å². The number of rotatable bonds is 9. The first-order chi connectivity index (χ1) is 17.1. The van der Waals surface area contributed by atoms with E-state index in [0.29, 0.717) is 22.6 Å². The standard InChI is InChI=1S/C23H24FN5O6S/c1-27-13-16(12-26-27)29-14-25-19-6-5-15(9-18(19)23(29)30)28(7-8-35-36(4,31)32)20-10-17(33-2)11-21(34-3)22(20)24/h5-6,9-14H,7-8H2,1-4H3. The predicted molar refractivity (Wildman–Crippen MR) is 131 cm³/mol. The van der Waals surface area contributed by atoms with E-state index in [0.717, 1.165) is 6.26 Å². The van der Waals surface area contributed by atoms with Crippen molar-refractivity contribution in [1.29, 1.82) is 0 Å². The first-order valence-electron chi connectivity index (χ1n) is 10.6. The zero-order valence-electron chi connectivity index (χ0n) is 20.0. The number of halogens is 1. The third kappa shape index (κ3) is 5.16. The minimum absolute atomic E-state index is 0.0409. The molecule has 0 spiro atoms. The van der Waals surface area contributed by atoms with Crippen molar-refractivity contribution in [1.82, 2.24) is 19.3 Å². The highest BCUT2D eigenvalue weighted by atomic mass is 32.2. The highest BCUT2D eigenvalue weighted by molar-refractivity contribution is 7.85. The van der Waals surface area contributed by atoms with Gasteiger partial charge < -0.3 is 14.4 Å². The number of anilines is 2. The smallest absolute Gasteiger partial charge is 0.265 e. The number of hydrogen-bond donors (Lipinski definition) is 0. The largest absolute Gasteiger partial charge is 0.497 e. The Balaban J connectivity index is 1.87. The van der Waals surface area contributed by atoms with Crippen LogP contribution in [-0.4, -0.2) is 61.4 Å². The van der Waals surface area contributed by atoms with E-state index in [1.54, 1.807) is 36.1 Å². The fourth-order valence-electron chi connectivity index (χ4n) is 3.68. The van der Waals surface area contributed by atoms with Crippen LogP contribution in [0.25, 0.3) is 16.6 Å². The Labute approximate surface area is 206 Å². The number of benzene rings is 2. The molecule has 2 aromatic heterocycles. The fraction of sp³-hybridized carbons (Fsp3) is 0.261. The summed E-state index contributed by atoms with van der Waals surface area (Å²) in [6.45, 7) is -0.342. The molecule has 0 fully saturated rings. The monoisotopic (exact) mass is 517 g/mol. The van der Waals surface area contributed by atoms with Crippen LogP contribution in [0.4, 0.5) is 15.8 Å². The molecule has 13 heteroatoms. The summed E-state index contributed by atoms with van der Waals surface area (Å²) in [6, 6.07) is 7.67. The van der Waals surface area contributed by atoms with E-state index in [1.807, 2.05) is 0 Å². The maximum Gasteiger partial charge on any atom is 0.265 e. The Bertz CT molecular complexity index is 1580. The minimum atomic E-state index is -3.74. The van der Waals surface area contributed by atoms with Crippen LogP contribution in [0, 0.1) is 5.82 Å². The highest BCUT2D eigenvalue weighted by Gasteiger charge is 2.21. The maximum atomic E-state index is 15.4. The molecule has 0 amide bonds. The summed E-state index contributed by atoms with van der Waals surface area (Å²) in [6.07, 6.45) is 5.54. The van der Waals surface area contributed by atoms with Crippen molar-refractivity contribution in [2.24, 2.45) is 7.05 Å². The van der Waals surface area contributed by atoms with Gasteiger partial charge in [-0.25, -0.2) is 9.37 Å². The van der Waals surface area contributed by atoms with Crippen LogP contribution >= 0.6 is 0 Å². The lowest BCUT2D eigenvalue weighted by molar-refractivity contribution is 0.330. The zero-order valence-corrected chi connectivity index (χ0v) is 20.8. The zero-order chi connectivity index (χ0) is 26.0. The summed E-state index contributed by atoms with van der Waals surface area (Å²) in [5.74, 6) is -0.449. The van der Waals surface area contributed by atoms with Crippen molar-refractivity contribution in [2.45, 2.75) is 0 Å². The van der Waals surface area contributed by atoms with Gasteiger partial charge in [0.25, 0.3) is 15.7 Å². The van der Waals surface area contributed by atoms with Crippen molar-refractivity contribution < 1.29 is 26.5 Å². The molecule has 36 heavy (non-hydrogen) atoms. The second-order valence-corrected chi connectivity index (χ2v) is 9.48. The summed E-state index contributed by atoms with van der Waals surface area (Å²) in [7, 11) is 0.742. The first kappa shape index (κ1) is 25.1. The minimum Gasteiger partial charge on any atom is -0.497 e. The number of aryl methyl sites for hydroxylation is 1. The number of fused-ring (bicyclic) bond motifs is 1. The summed E-state index contributed by atoms with van der Waals surface area (Å²) in [4.78, 5) is 19.1. The van der Waals surface area contributed by atoms with E-state index in [2.05, 4.69) is 10.1 Å². The lowest BCUT2D eigenvalue weighted by Gasteiger charge is -2.26. The Hall–Kier alpha value is -3.97. The second-order valence-electron chi connectivity index (χ2n) is 7.83. The highest BCUT2D eigenvalue weighted by Crippen LogP contribution is 2.37. The van der Waals surface area contributed by atoms with Crippen molar-refractivity contribution in [3.05, 3.63) is 65.2 Å². The summed E-state index contributed by atoms with van der Waals surface area (Å²) >= 11 is 0. The molecular weight excluding hydrogens is 493 g/mol. The van der Waals surface area contributed by atoms with Crippen molar-refractivity contribution in [2.75, 3.05) is 38.5 Å². The Morgan fingerprint density at radius 1 is 1.14 bits per heavy atom. The fourth-order valence-corrected chi connectivity index (χ4v) is 4.06. The van der Waals surface area contributed by atoms with Gasteiger partial charge in [0, 0.05) is 37.6 Å². The van der Waals surface area contributed by atoms with E-state index in [4.69, 9.17) is 13.7 Å². The molecule has 0 radical (unpaired) electrons. The van der Waals surface area contributed by atoms with E-state index in [1.165, 1.54) is 48.3 Å². The lowest BCUT2D eigenvalue weighted by Crippen LogP contribution is -2.25. The van der Waals surface area contributed by atoms with Crippen molar-refractivity contribution in [3.8, 4) is 17.2 Å². The van der Waals surface area contributed by atoms with Gasteiger partial charge in [-0.05, 0) is 18.2 Å². The average Bonchev–Trinajstić information content (AvgIpc) is 3.27. The molecular formula is C23H24FN5O6S. The van der Waals surface area contributed by atoms with Crippen LogP contribution in [-0.2, 0) is 21.3 Å². The predicted octanol–water partition coefficient (Wildman–Crippen LogP) is 2.39. The van der Waals surface area contributed by atoms with Gasteiger partial charge in [-0.1, -0.05) is 0 Å². The van der Waals surface area contributed by atoms with Gasteiger partial charge in [-0.2, -0.15) is 13.5 Å². The third-order valence-electron chi connectivity index (χ3n) is 5.37. The van der Waals surface area contributed by atoms with Gasteiger partial charge in [-0.15, -0.1) is 0 Å². The molecule has 190 valence electrons. The van der Waals surface area contributed by atoms with Gasteiger partial charge in [0.15, 0.2) is 11.6 Å². The molecule has 0 aliphatic carbocycles. The summed E-state index contributed by atoms with van der Waals surface area (Å²) < 4.78 is 56.7. The SMILES string of the molecule is COc1cc(OC)c(F)c(N(CCOS(C)(=O)=O)c2ccc3ncn(-c4cnn(C)c4)c(=O)c3c2)c1. The average molecular weight is 518 g/mol.